The number of esters is 1. The molecule has 8 atom stereocenters. The topological polar surface area (TPSA) is 175 Å². The molecule has 0 saturated carbocycles. The van der Waals surface area contributed by atoms with Crippen LogP contribution in [0.4, 0.5) is 0 Å². The van der Waals surface area contributed by atoms with E-state index < -0.39 is 67.4 Å². The summed E-state index contributed by atoms with van der Waals surface area (Å²) in [5.41, 5.74) is 0. The van der Waals surface area contributed by atoms with Gasteiger partial charge in [-0.05, 0) is 77.0 Å². The number of amides is 1. The molecule has 0 radical (unpaired) electrons. The molecule has 1 fully saturated rings. The van der Waals surface area contributed by atoms with Crippen LogP contribution in [-0.2, 0) is 23.8 Å². The van der Waals surface area contributed by atoms with Crippen LogP contribution in [0.3, 0.4) is 0 Å². The van der Waals surface area contributed by atoms with Gasteiger partial charge in [0.05, 0.1) is 25.4 Å². The third-order valence-electron chi connectivity index (χ3n) is 15.3. The number of rotatable bonds is 56. The van der Waals surface area contributed by atoms with Crippen molar-refractivity contribution in [2.75, 3.05) is 13.2 Å². The molecule has 0 spiro atoms. The first kappa shape index (κ1) is 75.9. The lowest BCUT2D eigenvalue weighted by atomic mass is 9.99. The Bertz CT molecular complexity index is 1640. The Hall–Kier alpha value is -3.16. The van der Waals surface area contributed by atoms with Gasteiger partial charge in [-0.2, -0.15) is 0 Å². The van der Waals surface area contributed by atoms with Crippen LogP contribution in [0.5, 0.6) is 0 Å². The SMILES string of the molecule is CC/C=C\C/C=C\C/C=C\C/C=C\C/C=C\C/C=C\CCCCCCC(=O)OC1C(OCC(NC(=O)C(O)CCCCCCCCCCCCCCCCCCCC)C(O)/C=C/CCCCCCCCCCC)OC(CO)C(O)C1O. The number of unbranched alkanes of at least 4 members (excludes halogenated alkanes) is 30. The van der Waals surface area contributed by atoms with Crippen molar-refractivity contribution in [3.05, 3.63) is 85.1 Å². The highest BCUT2D eigenvalue weighted by molar-refractivity contribution is 5.80. The monoisotopic (exact) mass is 1140 g/mol. The number of carbonyl (C=O) groups excluding carboxylic acids is 2. The summed E-state index contributed by atoms with van der Waals surface area (Å²) in [7, 11) is 0. The standard InChI is InChI=1S/C70H123NO10/c1-4-7-10-13-16-19-22-24-26-28-30-31-32-33-34-36-38-40-43-46-49-52-55-58-65(75)81-68-67(77)66(76)64(59-72)80-70(68)79-60-61(62(73)56-53-50-47-44-41-21-18-15-12-9-6-3)71-69(78)63(74)57-54-51-48-45-42-39-37-35-29-27-25-23-20-17-14-11-8-5-2/h7,10,16,19,24,26,30-31,33-34,38,40,53,56,61-64,66-68,70,72-74,76-77H,4-6,8-9,11-15,17-18,20-23,25,27-29,32,35-37,39,41-52,54-55,57-60H2,1-3H3,(H,71,78)/b10-7-,19-16-,26-24-,31-30-,34-33-,40-38-,56-53+. The third kappa shape index (κ3) is 45.0. The van der Waals surface area contributed by atoms with Crippen molar-refractivity contribution in [1.82, 2.24) is 5.32 Å². The molecular weight excluding hydrogens is 1010 g/mol. The molecule has 1 saturated heterocycles. The van der Waals surface area contributed by atoms with Gasteiger partial charge >= 0.3 is 5.97 Å². The van der Waals surface area contributed by atoms with Crippen LogP contribution in [-0.4, -0.2) is 99.6 Å². The molecule has 11 heteroatoms. The van der Waals surface area contributed by atoms with Crippen molar-refractivity contribution in [3.63, 3.8) is 0 Å². The highest BCUT2D eigenvalue weighted by Crippen LogP contribution is 2.26. The molecule has 1 rings (SSSR count). The van der Waals surface area contributed by atoms with Crippen LogP contribution >= 0.6 is 0 Å². The van der Waals surface area contributed by atoms with Crippen molar-refractivity contribution >= 4 is 11.9 Å². The van der Waals surface area contributed by atoms with E-state index in [-0.39, 0.29) is 19.4 Å². The molecule has 0 aliphatic carbocycles. The molecular formula is C70H123NO10. The number of hydrogen-bond acceptors (Lipinski definition) is 10. The molecule has 1 aliphatic heterocycles. The fraction of sp³-hybridized carbons (Fsp3) is 0.771. The average molecular weight is 1140 g/mol. The second-order valence-corrected chi connectivity index (χ2v) is 22.8. The van der Waals surface area contributed by atoms with Crippen LogP contribution in [0.15, 0.2) is 85.1 Å². The highest BCUT2D eigenvalue weighted by Gasteiger charge is 2.47. The Morgan fingerprint density at radius 3 is 1.33 bits per heavy atom. The lowest BCUT2D eigenvalue weighted by molar-refractivity contribution is -0.305. The van der Waals surface area contributed by atoms with Gasteiger partial charge in [0.2, 0.25) is 5.91 Å². The van der Waals surface area contributed by atoms with Gasteiger partial charge in [-0.3, -0.25) is 9.59 Å². The lowest BCUT2D eigenvalue weighted by Gasteiger charge is -2.41. The summed E-state index contributed by atoms with van der Waals surface area (Å²) >= 11 is 0. The maximum Gasteiger partial charge on any atom is 0.306 e. The smallest absolute Gasteiger partial charge is 0.306 e. The Morgan fingerprint density at radius 2 is 0.889 bits per heavy atom. The average Bonchev–Trinajstić information content (AvgIpc) is 3.50. The summed E-state index contributed by atoms with van der Waals surface area (Å²) < 4.78 is 17.6. The van der Waals surface area contributed by atoms with E-state index in [4.69, 9.17) is 14.2 Å². The molecule has 0 aromatic heterocycles. The van der Waals surface area contributed by atoms with Crippen LogP contribution in [0.2, 0.25) is 0 Å². The molecule has 6 N–H and O–H groups in total. The molecule has 468 valence electrons. The molecule has 0 aromatic carbocycles. The summed E-state index contributed by atoms with van der Waals surface area (Å²) in [6, 6.07) is -1.03. The summed E-state index contributed by atoms with van der Waals surface area (Å²) in [5, 5.41) is 57.1. The summed E-state index contributed by atoms with van der Waals surface area (Å²) in [4.78, 5) is 26.6. The van der Waals surface area contributed by atoms with Gasteiger partial charge in [0, 0.05) is 6.42 Å². The Kier molecular flexibility index (Phi) is 53.6. The van der Waals surface area contributed by atoms with Crippen LogP contribution < -0.4 is 5.32 Å². The van der Waals surface area contributed by atoms with Gasteiger partial charge in [0.1, 0.15) is 24.4 Å². The molecule has 11 nitrogen and oxygen atoms in total. The number of hydrogen-bond donors (Lipinski definition) is 6. The van der Waals surface area contributed by atoms with Crippen LogP contribution in [0.1, 0.15) is 284 Å². The van der Waals surface area contributed by atoms with E-state index in [1.165, 1.54) is 135 Å². The van der Waals surface area contributed by atoms with Crippen molar-refractivity contribution in [2.24, 2.45) is 0 Å². The van der Waals surface area contributed by atoms with Gasteiger partial charge in [0.25, 0.3) is 0 Å². The first-order valence-electron chi connectivity index (χ1n) is 33.4. The highest BCUT2D eigenvalue weighted by atomic mass is 16.7. The van der Waals surface area contributed by atoms with E-state index in [9.17, 15) is 35.1 Å². The van der Waals surface area contributed by atoms with E-state index >= 15 is 0 Å². The Balaban J connectivity index is 2.63. The van der Waals surface area contributed by atoms with Gasteiger partial charge in [0.15, 0.2) is 12.4 Å². The lowest BCUT2D eigenvalue weighted by Crippen LogP contribution is -2.61. The number of ether oxygens (including phenoxy) is 3. The molecule has 81 heavy (non-hydrogen) atoms. The van der Waals surface area contributed by atoms with Crippen molar-refractivity contribution < 1.29 is 49.3 Å². The third-order valence-corrected chi connectivity index (χ3v) is 15.3. The van der Waals surface area contributed by atoms with Gasteiger partial charge in [-0.15, -0.1) is 0 Å². The fourth-order valence-electron chi connectivity index (χ4n) is 10.1. The normalized spacial score (nSPS) is 19.2. The maximum atomic E-state index is 13.4. The predicted molar refractivity (Wildman–Crippen MR) is 338 cm³/mol. The minimum absolute atomic E-state index is 0.0912. The summed E-state index contributed by atoms with van der Waals surface area (Å²) in [6.45, 7) is 5.68. The zero-order valence-corrected chi connectivity index (χ0v) is 51.9. The van der Waals surface area contributed by atoms with E-state index in [0.717, 1.165) is 103 Å². The number of carbonyl (C=O) groups is 2. The molecule has 8 unspecified atom stereocenters. The summed E-state index contributed by atoms with van der Waals surface area (Å²) in [6.07, 6.45) is 64.8. The number of aliphatic hydroxyl groups excluding tert-OH is 5. The van der Waals surface area contributed by atoms with E-state index in [1.54, 1.807) is 6.08 Å². The first-order valence-corrected chi connectivity index (χ1v) is 33.4. The van der Waals surface area contributed by atoms with E-state index in [0.29, 0.717) is 12.8 Å². The van der Waals surface area contributed by atoms with Crippen molar-refractivity contribution in [3.8, 4) is 0 Å². The number of aliphatic hydroxyl groups is 5. The second-order valence-electron chi connectivity index (χ2n) is 22.8. The predicted octanol–water partition coefficient (Wildman–Crippen LogP) is 16.5. The number of allylic oxidation sites excluding steroid dienone is 13. The number of nitrogens with one attached hydrogen (secondary N) is 1. The minimum atomic E-state index is -1.63. The zero-order chi connectivity index (χ0) is 58.9. The second kappa shape index (κ2) is 57.3. The zero-order valence-electron chi connectivity index (χ0n) is 51.9. The quantitative estimate of drug-likeness (QED) is 0.0195. The van der Waals surface area contributed by atoms with Gasteiger partial charge in [-0.25, -0.2) is 0 Å². The fourth-order valence-corrected chi connectivity index (χ4v) is 10.1. The molecule has 1 heterocycles. The maximum absolute atomic E-state index is 13.4. The molecule has 1 amide bonds. The summed E-state index contributed by atoms with van der Waals surface area (Å²) in [5.74, 6) is -1.22. The Morgan fingerprint density at radius 1 is 0.494 bits per heavy atom. The van der Waals surface area contributed by atoms with E-state index in [2.05, 4.69) is 99.0 Å². The Labute approximate surface area is 495 Å². The molecule has 0 bridgehead atoms. The molecule has 1 aliphatic rings. The van der Waals surface area contributed by atoms with Gasteiger partial charge < -0.3 is 45.1 Å². The minimum Gasteiger partial charge on any atom is -0.454 e. The largest absolute Gasteiger partial charge is 0.454 e. The van der Waals surface area contributed by atoms with E-state index in [1.807, 2.05) is 6.08 Å². The van der Waals surface area contributed by atoms with Crippen molar-refractivity contribution in [1.29, 1.82) is 0 Å². The van der Waals surface area contributed by atoms with Crippen LogP contribution in [0, 0.1) is 0 Å². The van der Waals surface area contributed by atoms with Crippen LogP contribution in [0.25, 0.3) is 0 Å². The first-order chi connectivity index (χ1) is 39.7. The molecule has 0 aromatic rings. The van der Waals surface area contributed by atoms with Crippen molar-refractivity contribution in [2.45, 2.75) is 333 Å². The van der Waals surface area contributed by atoms with Gasteiger partial charge in [-0.1, -0.05) is 286 Å².